The van der Waals surface area contributed by atoms with Crippen molar-refractivity contribution in [1.82, 2.24) is 15.4 Å². The number of hydrogen-bond donors (Lipinski definition) is 3. The van der Waals surface area contributed by atoms with E-state index >= 15 is 0 Å². The van der Waals surface area contributed by atoms with Gasteiger partial charge in [0.1, 0.15) is 0 Å². The minimum absolute atomic E-state index is 0.0847. The van der Waals surface area contributed by atoms with Crippen LogP contribution in [0, 0.1) is 0 Å². The number of carbonyl (C=O) groups is 2. The van der Waals surface area contributed by atoms with E-state index in [0.717, 1.165) is 0 Å². The zero-order valence-electron chi connectivity index (χ0n) is 12.8. The first kappa shape index (κ1) is 18.1. The summed E-state index contributed by atoms with van der Waals surface area (Å²) in [5.41, 5.74) is 0.285. The minimum atomic E-state index is -3.58. The highest BCUT2D eigenvalue weighted by Gasteiger charge is 2.16. The van der Waals surface area contributed by atoms with E-state index in [4.69, 9.17) is 0 Å². The summed E-state index contributed by atoms with van der Waals surface area (Å²) in [7, 11) is -3.58. The third-order valence-corrected chi connectivity index (χ3v) is 4.28. The summed E-state index contributed by atoms with van der Waals surface area (Å²) >= 11 is 0. The molecule has 1 rings (SSSR count). The van der Waals surface area contributed by atoms with Crippen molar-refractivity contribution >= 4 is 21.8 Å². The van der Waals surface area contributed by atoms with E-state index in [1.807, 2.05) is 0 Å². The standard InChI is InChI=1S/C14H21N3O4S/c1-4-15-13(18)9-16-14(19)11-5-7-12(8-6-11)22(20,21)17-10(2)3/h5-8,10,17H,4,9H2,1-3H3,(H,15,18)(H,16,19). The van der Waals surface area contributed by atoms with E-state index in [1.54, 1.807) is 20.8 Å². The Kier molecular flexibility index (Phi) is 6.51. The predicted octanol–water partition coefficient (Wildman–Crippen LogP) is 0.239. The molecule has 0 aliphatic carbocycles. The van der Waals surface area contributed by atoms with Crippen molar-refractivity contribution in [2.75, 3.05) is 13.1 Å². The topological polar surface area (TPSA) is 104 Å². The van der Waals surface area contributed by atoms with Gasteiger partial charge >= 0.3 is 0 Å². The molecule has 3 N–H and O–H groups in total. The fourth-order valence-corrected chi connectivity index (χ4v) is 2.94. The summed E-state index contributed by atoms with van der Waals surface area (Å²) in [4.78, 5) is 23.2. The van der Waals surface area contributed by atoms with Crippen molar-refractivity contribution in [3.8, 4) is 0 Å². The Balaban J connectivity index is 2.72. The number of rotatable bonds is 7. The lowest BCUT2D eigenvalue weighted by Crippen LogP contribution is -2.36. The van der Waals surface area contributed by atoms with Crippen LogP contribution in [0.1, 0.15) is 31.1 Å². The first-order valence-electron chi connectivity index (χ1n) is 6.93. The highest BCUT2D eigenvalue weighted by atomic mass is 32.2. The molecule has 0 bridgehead atoms. The molecule has 0 saturated heterocycles. The maximum Gasteiger partial charge on any atom is 0.251 e. The number of likely N-dealkylation sites (N-methyl/N-ethyl adjacent to an activating group) is 1. The van der Waals surface area contributed by atoms with E-state index in [0.29, 0.717) is 6.54 Å². The van der Waals surface area contributed by atoms with Crippen LogP contribution in [0.25, 0.3) is 0 Å². The first-order chi connectivity index (χ1) is 10.3. The fourth-order valence-electron chi connectivity index (χ4n) is 1.69. The van der Waals surface area contributed by atoms with Gasteiger partial charge in [-0.15, -0.1) is 0 Å². The number of sulfonamides is 1. The summed E-state index contributed by atoms with van der Waals surface area (Å²) in [6.07, 6.45) is 0. The first-order valence-corrected chi connectivity index (χ1v) is 8.42. The Morgan fingerprint density at radius 1 is 1.09 bits per heavy atom. The van der Waals surface area contributed by atoms with E-state index in [-0.39, 0.29) is 29.0 Å². The number of hydrogen-bond acceptors (Lipinski definition) is 4. The fraction of sp³-hybridized carbons (Fsp3) is 0.429. The molecular formula is C14H21N3O4S. The third kappa shape index (κ3) is 5.45. The molecule has 2 amide bonds. The zero-order valence-corrected chi connectivity index (χ0v) is 13.7. The highest BCUT2D eigenvalue weighted by molar-refractivity contribution is 7.89. The summed E-state index contributed by atoms with van der Waals surface area (Å²) in [6, 6.07) is 5.30. The molecule has 0 spiro atoms. The summed E-state index contributed by atoms with van der Waals surface area (Å²) in [5, 5.41) is 5.02. The molecule has 122 valence electrons. The predicted molar refractivity (Wildman–Crippen MR) is 82.9 cm³/mol. The number of amides is 2. The molecule has 0 atom stereocenters. The highest BCUT2D eigenvalue weighted by Crippen LogP contribution is 2.11. The second-order valence-electron chi connectivity index (χ2n) is 4.94. The van der Waals surface area contributed by atoms with Crippen molar-refractivity contribution in [2.45, 2.75) is 31.7 Å². The van der Waals surface area contributed by atoms with Crippen molar-refractivity contribution in [3.63, 3.8) is 0 Å². The Labute approximate surface area is 130 Å². The summed E-state index contributed by atoms with van der Waals surface area (Å²) < 4.78 is 26.3. The molecule has 0 aliphatic heterocycles. The van der Waals surface area contributed by atoms with Crippen LogP contribution >= 0.6 is 0 Å². The van der Waals surface area contributed by atoms with Crippen LogP contribution in [-0.4, -0.2) is 39.4 Å². The van der Waals surface area contributed by atoms with Crippen LogP contribution in [0.2, 0.25) is 0 Å². The van der Waals surface area contributed by atoms with Gasteiger partial charge in [-0.2, -0.15) is 0 Å². The summed E-state index contributed by atoms with van der Waals surface area (Å²) in [6.45, 7) is 5.59. The van der Waals surface area contributed by atoms with Gasteiger partial charge in [0.15, 0.2) is 0 Å². The van der Waals surface area contributed by atoms with Gasteiger partial charge < -0.3 is 10.6 Å². The molecular weight excluding hydrogens is 306 g/mol. The van der Waals surface area contributed by atoms with Gasteiger partial charge in [-0.3, -0.25) is 9.59 Å². The SMILES string of the molecule is CCNC(=O)CNC(=O)c1ccc(S(=O)(=O)NC(C)C)cc1. The lowest BCUT2D eigenvalue weighted by molar-refractivity contribution is -0.120. The average molecular weight is 327 g/mol. The van der Waals surface area contributed by atoms with E-state index in [1.165, 1.54) is 24.3 Å². The molecule has 0 aliphatic rings. The van der Waals surface area contributed by atoms with Crippen molar-refractivity contribution in [2.24, 2.45) is 0 Å². The second-order valence-corrected chi connectivity index (χ2v) is 6.65. The molecule has 0 fully saturated rings. The second kappa shape index (κ2) is 7.90. The van der Waals surface area contributed by atoms with Crippen LogP contribution in [0.3, 0.4) is 0 Å². The van der Waals surface area contributed by atoms with E-state index in [9.17, 15) is 18.0 Å². The molecule has 0 aromatic heterocycles. The molecule has 1 aromatic rings. The molecule has 0 unspecified atom stereocenters. The smallest absolute Gasteiger partial charge is 0.251 e. The van der Waals surface area contributed by atoms with Crippen LogP contribution < -0.4 is 15.4 Å². The minimum Gasteiger partial charge on any atom is -0.355 e. The van der Waals surface area contributed by atoms with Crippen LogP contribution in [0.15, 0.2) is 29.2 Å². The molecule has 0 heterocycles. The number of nitrogens with one attached hydrogen (secondary N) is 3. The van der Waals surface area contributed by atoms with E-state index in [2.05, 4.69) is 15.4 Å². The van der Waals surface area contributed by atoms with Gasteiger partial charge in [0.2, 0.25) is 15.9 Å². The van der Waals surface area contributed by atoms with Gasteiger partial charge in [0.25, 0.3) is 5.91 Å². The zero-order chi connectivity index (χ0) is 16.8. The Hall–Kier alpha value is -1.93. The quantitative estimate of drug-likeness (QED) is 0.667. The van der Waals surface area contributed by atoms with Crippen molar-refractivity contribution in [1.29, 1.82) is 0 Å². The van der Waals surface area contributed by atoms with Crippen LogP contribution in [-0.2, 0) is 14.8 Å². The lowest BCUT2D eigenvalue weighted by Gasteiger charge is -2.10. The van der Waals surface area contributed by atoms with Gasteiger partial charge in [0, 0.05) is 18.2 Å². The Morgan fingerprint density at radius 2 is 1.68 bits per heavy atom. The van der Waals surface area contributed by atoms with Crippen LogP contribution in [0.5, 0.6) is 0 Å². The normalized spacial score (nSPS) is 11.3. The third-order valence-electron chi connectivity index (χ3n) is 2.60. The average Bonchev–Trinajstić information content (AvgIpc) is 2.44. The number of benzene rings is 1. The Bertz CT molecular complexity index is 624. The molecule has 22 heavy (non-hydrogen) atoms. The van der Waals surface area contributed by atoms with Gasteiger partial charge in [-0.1, -0.05) is 0 Å². The lowest BCUT2D eigenvalue weighted by atomic mass is 10.2. The summed E-state index contributed by atoms with van der Waals surface area (Å²) in [5.74, 6) is -0.719. The molecule has 0 radical (unpaired) electrons. The maximum absolute atomic E-state index is 11.9. The molecule has 0 saturated carbocycles. The monoisotopic (exact) mass is 327 g/mol. The van der Waals surface area contributed by atoms with Crippen molar-refractivity contribution < 1.29 is 18.0 Å². The maximum atomic E-state index is 11.9. The molecule has 7 nitrogen and oxygen atoms in total. The van der Waals surface area contributed by atoms with Crippen molar-refractivity contribution in [3.05, 3.63) is 29.8 Å². The van der Waals surface area contributed by atoms with Gasteiger partial charge in [-0.05, 0) is 45.0 Å². The van der Waals surface area contributed by atoms with E-state index < -0.39 is 15.9 Å². The molecule has 1 aromatic carbocycles. The number of carbonyl (C=O) groups excluding carboxylic acids is 2. The Morgan fingerprint density at radius 3 is 2.18 bits per heavy atom. The van der Waals surface area contributed by atoms with Crippen LogP contribution in [0.4, 0.5) is 0 Å². The van der Waals surface area contributed by atoms with Gasteiger partial charge in [0.05, 0.1) is 11.4 Å². The largest absolute Gasteiger partial charge is 0.355 e. The molecule has 8 heteroatoms. The van der Waals surface area contributed by atoms with Gasteiger partial charge in [-0.25, -0.2) is 13.1 Å².